The molecule has 0 heterocycles. The van der Waals surface area contributed by atoms with Gasteiger partial charge in [-0.25, -0.2) is 0 Å². The van der Waals surface area contributed by atoms with E-state index in [1.807, 2.05) is 24.3 Å². The molecule has 0 aromatic heterocycles. The van der Waals surface area contributed by atoms with Crippen LogP contribution >= 0.6 is 0 Å². The number of hydrogen-bond acceptors (Lipinski definition) is 4. The predicted octanol–water partition coefficient (Wildman–Crippen LogP) is 1.14. The maximum absolute atomic E-state index is 5.48. The van der Waals surface area contributed by atoms with E-state index in [9.17, 15) is 0 Å². The number of nitrogens with two attached hydrogens (primary N) is 1. The minimum absolute atomic E-state index is 0.334. The van der Waals surface area contributed by atoms with Crippen LogP contribution in [0.3, 0.4) is 0 Å². The molecule has 0 fully saturated rings. The molecule has 0 saturated heterocycles. The zero-order valence-corrected chi connectivity index (χ0v) is 9.10. The largest absolute Gasteiger partial charge is 0.488 e. The van der Waals surface area contributed by atoms with Gasteiger partial charge in [-0.3, -0.25) is 0 Å². The van der Waals surface area contributed by atoms with Crippen LogP contribution in [-0.4, -0.2) is 27.1 Å². The van der Waals surface area contributed by atoms with Gasteiger partial charge >= 0.3 is 0 Å². The van der Waals surface area contributed by atoms with Gasteiger partial charge < -0.3 is 19.9 Å². The molecule has 0 saturated carbocycles. The van der Waals surface area contributed by atoms with Crippen molar-refractivity contribution in [3.05, 3.63) is 29.8 Å². The number of methoxy groups -OCH3 is 2. The summed E-state index contributed by atoms with van der Waals surface area (Å²) in [6.45, 7) is 0.911. The Kier molecular flexibility index (Phi) is 5.10. The van der Waals surface area contributed by atoms with Gasteiger partial charge in [-0.2, -0.15) is 0 Å². The smallest absolute Gasteiger partial charge is 0.191 e. The van der Waals surface area contributed by atoms with Crippen molar-refractivity contribution >= 4 is 0 Å². The summed E-state index contributed by atoms with van der Waals surface area (Å²) in [6, 6.07) is 7.63. The van der Waals surface area contributed by atoms with Crippen molar-refractivity contribution in [2.75, 3.05) is 20.8 Å². The van der Waals surface area contributed by atoms with Crippen molar-refractivity contribution in [3.8, 4) is 5.75 Å². The van der Waals surface area contributed by atoms with E-state index in [1.54, 1.807) is 14.2 Å². The molecule has 0 aliphatic carbocycles. The van der Waals surface area contributed by atoms with Crippen molar-refractivity contribution in [1.29, 1.82) is 0 Å². The van der Waals surface area contributed by atoms with Gasteiger partial charge in [0.15, 0.2) is 6.29 Å². The van der Waals surface area contributed by atoms with Gasteiger partial charge in [0.25, 0.3) is 0 Å². The fraction of sp³-hybridized carbons (Fsp3) is 0.455. The number of benzene rings is 1. The van der Waals surface area contributed by atoms with E-state index in [0.717, 1.165) is 11.3 Å². The number of hydrogen-bond donors (Lipinski definition) is 1. The highest BCUT2D eigenvalue weighted by Crippen LogP contribution is 2.12. The molecular weight excluding hydrogens is 194 g/mol. The van der Waals surface area contributed by atoms with E-state index in [0.29, 0.717) is 13.2 Å². The Labute approximate surface area is 89.9 Å². The quantitative estimate of drug-likeness (QED) is 0.717. The average molecular weight is 211 g/mol. The van der Waals surface area contributed by atoms with Crippen molar-refractivity contribution in [2.45, 2.75) is 12.8 Å². The molecule has 1 aromatic carbocycles. The van der Waals surface area contributed by atoms with Crippen molar-refractivity contribution in [1.82, 2.24) is 0 Å². The minimum Gasteiger partial charge on any atom is -0.488 e. The molecule has 0 unspecified atom stereocenters. The first-order valence-corrected chi connectivity index (χ1v) is 4.77. The van der Waals surface area contributed by atoms with Crippen LogP contribution < -0.4 is 10.5 Å². The molecule has 0 spiro atoms. The summed E-state index contributed by atoms with van der Waals surface area (Å²) in [5, 5.41) is 0. The molecule has 1 aromatic rings. The van der Waals surface area contributed by atoms with Gasteiger partial charge in [0.1, 0.15) is 12.4 Å². The van der Waals surface area contributed by atoms with Gasteiger partial charge in [-0.1, -0.05) is 12.1 Å². The fourth-order valence-corrected chi connectivity index (χ4v) is 1.12. The maximum atomic E-state index is 5.48. The van der Waals surface area contributed by atoms with Gasteiger partial charge in [0.2, 0.25) is 0 Å². The van der Waals surface area contributed by atoms with Gasteiger partial charge in [-0.05, 0) is 17.7 Å². The standard InChI is InChI=1S/C11H17NO3/c1-13-11(14-2)8-15-10-5-3-9(7-12)4-6-10/h3-6,11H,7-8,12H2,1-2H3. The van der Waals surface area contributed by atoms with Crippen LogP contribution in [0.15, 0.2) is 24.3 Å². The Bertz CT molecular complexity index is 270. The van der Waals surface area contributed by atoms with E-state index in [1.165, 1.54) is 0 Å². The lowest BCUT2D eigenvalue weighted by Gasteiger charge is -2.14. The third-order valence-corrected chi connectivity index (χ3v) is 2.07. The van der Waals surface area contributed by atoms with E-state index in [-0.39, 0.29) is 6.29 Å². The molecule has 2 N–H and O–H groups in total. The van der Waals surface area contributed by atoms with Crippen LogP contribution in [0.5, 0.6) is 5.75 Å². The SMILES string of the molecule is COC(COc1ccc(CN)cc1)OC. The predicted molar refractivity (Wildman–Crippen MR) is 57.6 cm³/mol. The lowest BCUT2D eigenvalue weighted by Crippen LogP contribution is -2.21. The normalized spacial score (nSPS) is 10.7. The zero-order chi connectivity index (χ0) is 11.1. The molecule has 0 radical (unpaired) electrons. The third-order valence-electron chi connectivity index (χ3n) is 2.07. The van der Waals surface area contributed by atoms with Crippen LogP contribution in [0.1, 0.15) is 5.56 Å². The minimum atomic E-state index is -0.334. The topological polar surface area (TPSA) is 53.7 Å². The molecule has 4 heteroatoms. The van der Waals surface area contributed by atoms with Crippen LogP contribution in [0, 0.1) is 0 Å². The van der Waals surface area contributed by atoms with E-state index in [4.69, 9.17) is 19.9 Å². The van der Waals surface area contributed by atoms with Crippen molar-refractivity contribution < 1.29 is 14.2 Å². The molecule has 1 rings (SSSR count). The van der Waals surface area contributed by atoms with Crippen molar-refractivity contribution in [3.63, 3.8) is 0 Å². The highest BCUT2D eigenvalue weighted by atomic mass is 16.7. The van der Waals surface area contributed by atoms with Gasteiger partial charge in [0, 0.05) is 20.8 Å². The first kappa shape index (κ1) is 12.0. The summed E-state index contributed by atoms with van der Waals surface area (Å²) in [6.07, 6.45) is -0.334. The van der Waals surface area contributed by atoms with Crippen LogP contribution in [-0.2, 0) is 16.0 Å². The number of ether oxygens (including phenoxy) is 3. The Hall–Kier alpha value is -1.10. The molecule has 0 amide bonds. The van der Waals surface area contributed by atoms with E-state index in [2.05, 4.69) is 0 Å². The van der Waals surface area contributed by atoms with Crippen molar-refractivity contribution in [2.24, 2.45) is 5.73 Å². The molecular formula is C11H17NO3. The zero-order valence-electron chi connectivity index (χ0n) is 9.10. The third kappa shape index (κ3) is 3.87. The molecule has 15 heavy (non-hydrogen) atoms. The van der Waals surface area contributed by atoms with E-state index >= 15 is 0 Å². The molecule has 4 nitrogen and oxygen atoms in total. The summed E-state index contributed by atoms with van der Waals surface area (Å²) in [4.78, 5) is 0. The second-order valence-electron chi connectivity index (χ2n) is 3.06. The lowest BCUT2D eigenvalue weighted by atomic mass is 10.2. The average Bonchev–Trinajstić information content (AvgIpc) is 2.31. The Balaban J connectivity index is 2.43. The Morgan fingerprint density at radius 2 is 1.73 bits per heavy atom. The highest BCUT2D eigenvalue weighted by Gasteiger charge is 2.05. The summed E-state index contributed by atoms with van der Waals surface area (Å²) in [5.74, 6) is 0.784. The van der Waals surface area contributed by atoms with Crippen LogP contribution in [0.25, 0.3) is 0 Å². The highest BCUT2D eigenvalue weighted by molar-refractivity contribution is 5.27. The second-order valence-corrected chi connectivity index (χ2v) is 3.06. The Morgan fingerprint density at radius 3 is 2.20 bits per heavy atom. The van der Waals surface area contributed by atoms with Crippen LogP contribution in [0.4, 0.5) is 0 Å². The fourth-order valence-electron chi connectivity index (χ4n) is 1.12. The first-order valence-electron chi connectivity index (χ1n) is 4.77. The van der Waals surface area contributed by atoms with Crippen LogP contribution in [0.2, 0.25) is 0 Å². The summed E-state index contributed by atoms with van der Waals surface area (Å²) < 4.78 is 15.5. The first-order chi connectivity index (χ1) is 7.30. The molecule has 0 aliphatic heterocycles. The second kappa shape index (κ2) is 6.40. The van der Waals surface area contributed by atoms with Gasteiger partial charge in [-0.15, -0.1) is 0 Å². The maximum Gasteiger partial charge on any atom is 0.191 e. The van der Waals surface area contributed by atoms with Gasteiger partial charge in [0.05, 0.1) is 0 Å². The number of rotatable bonds is 6. The van der Waals surface area contributed by atoms with E-state index < -0.39 is 0 Å². The Morgan fingerprint density at radius 1 is 1.13 bits per heavy atom. The summed E-state index contributed by atoms with van der Waals surface area (Å²) >= 11 is 0. The summed E-state index contributed by atoms with van der Waals surface area (Å²) in [5.41, 5.74) is 6.57. The molecule has 0 bridgehead atoms. The monoisotopic (exact) mass is 211 g/mol. The molecule has 84 valence electrons. The molecule has 0 aliphatic rings. The lowest BCUT2D eigenvalue weighted by molar-refractivity contribution is -0.121. The summed E-state index contributed by atoms with van der Waals surface area (Å²) in [7, 11) is 3.16. The molecule has 0 atom stereocenters.